The summed E-state index contributed by atoms with van der Waals surface area (Å²) in [5, 5.41) is 3.99. The van der Waals surface area contributed by atoms with Gasteiger partial charge >= 0.3 is 0 Å². The molecule has 1 aromatic heterocycles. The Labute approximate surface area is 110 Å². The quantitative estimate of drug-likeness (QED) is 0.674. The average molecular weight is 259 g/mol. The van der Waals surface area contributed by atoms with Gasteiger partial charge in [-0.05, 0) is 29.8 Å². The van der Waals surface area contributed by atoms with Crippen LogP contribution >= 0.6 is 0 Å². The normalized spacial score (nSPS) is 11.1. The van der Waals surface area contributed by atoms with Crippen LogP contribution in [0.1, 0.15) is 11.1 Å². The monoisotopic (exact) mass is 259 g/mol. The Morgan fingerprint density at radius 3 is 2.95 bits per heavy atom. The number of aromatic nitrogens is 2. The van der Waals surface area contributed by atoms with Crippen molar-refractivity contribution >= 4 is 17.5 Å². The van der Waals surface area contributed by atoms with Crippen molar-refractivity contribution in [3.05, 3.63) is 53.6 Å². The fourth-order valence-electron chi connectivity index (χ4n) is 1.69. The predicted octanol–water partition coefficient (Wildman–Crippen LogP) is 1.97. The third-order valence-corrected chi connectivity index (χ3v) is 2.66. The number of hydrogen-bond acceptors (Lipinski definition) is 3. The number of halogens is 1. The topological polar surface area (TPSA) is 60.9 Å². The van der Waals surface area contributed by atoms with Crippen LogP contribution in [0.3, 0.4) is 0 Å². The largest absolute Gasteiger partial charge is 0.398 e. The zero-order valence-electron chi connectivity index (χ0n) is 10.5. The van der Waals surface area contributed by atoms with E-state index in [-0.39, 0.29) is 12.2 Å². The molecule has 2 aromatic rings. The molecule has 98 valence electrons. The molecular weight excluding hydrogens is 245 g/mol. The van der Waals surface area contributed by atoms with Gasteiger partial charge in [-0.1, -0.05) is 6.07 Å². The fraction of sp³-hybridized carbons (Fsp3) is 0.143. The number of nitrogens with two attached hydrogens (primary N) is 1. The molecule has 0 bridgehead atoms. The molecular formula is C14H14FN3O. The first-order valence-electron chi connectivity index (χ1n) is 5.78. The van der Waals surface area contributed by atoms with Crippen LogP contribution in [0.4, 0.5) is 10.1 Å². The van der Waals surface area contributed by atoms with Crippen molar-refractivity contribution in [1.82, 2.24) is 9.78 Å². The summed E-state index contributed by atoms with van der Waals surface area (Å²) in [4.78, 5) is 11.8. The van der Waals surface area contributed by atoms with Gasteiger partial charge < -0.3 is 5.73 Å². The molecule has 0 unspecified atom stereocenters. The molecule has 0 amide bonds. The fourth-order valence-corrected chi connectivity index (χ4v) is 1.69. The molecule has 0 aliphatic rings. The molecule has 0 fully saturated rings. The van der Waals surface area contributed by atoms with Gasteiger partial charge in [0, 0.05) is 30.9 Å². The number of allylic oxidation sites excluding steroid dienone is 1. The highest BCUT2D eigenvalue weighted by molar-refractivity contribution is 5.95. The number of ketones is 1. The van der Waals surface area contributed by atoms with Gasteiger partial charge in [-0.2, -0.15) is 5.10 Å². The highest BCUT2D eigenvalue weighted by Gasteiger charge is 2.05. The number of carbonyl (C=O) groups is 1. The maximum absolute atomic E-state index is 12.9. The average Bonchev–Trinajstić information content (AvgIpc) is 2.76. The standard InChI is InChI=1S/C14H14FN3O/c1-18-9-10(8-17-18)2-5-13(19)6-11-3-4-12(15)7-14(11)16/h2-5,7-9H,6,16H2,1H3/b5-2+. The zero-order chi connectivity index (χ0) is 13.8. The summed E-state index contributed by atoms with van der Waals surface area (Å²) in [5.41, 5.74) is 7.42. The second-order valence-corrected chi connectivity index (χ2v) is 4.27. The van der Waals surface area contributed by atoms with E-state index in [1.54, 1.807) is 30.2 Å². The summed E-state index contributed by atoms with van der Waals surface area (Å²) in [6, 6.07) is 4.04. The van der Waals surface area contributed by atoms with Crippen LogP contribution in [0.2, 0.25) is 0 Å². The van der Waals surface area contributed by atoms with Crippen molar-refractivity contribution in [2.24, 2.45) is 7.05 Å². The number of rotatable bonds is 4. The lowest BCUT2D eigenvalue weighted by Crippen LogP contribution is -2.02. The highest BCUT2D eigenvalue weighted by Crippen LogP contribution is 2.14. The summed E-state index contributed by atoms with van der Waals surface area (Å²) < 4.78 is 14.5. The summed E-state index contributed by atoms with van der Waals surface area (Å²) in [7, 11) is 1.80. The number of carbonyl (C=O) groups excluding carboxylic acids is 1. The molecule has 4 nitrogen and oxygen atoms in total. The van der Waals surface area contributed by atoms with Gasteiger partial charge in [0.25, 0.3) is 0 Å². The lowest BCUT2D eigenvalue weighted by molar-refractivity contribution is -0.113. The Morgan fingerprint density at radius 2 is 2.32 bits per heavy atom. The molecule has 0 aliphatic carbocycles. The SMILES string of the molecule is Cn1cc(/C=C/C(=O)Cc2ccc(F)cc2N)cn1. The molecule has 19 heavy (non-hydrogen) atoms. The number of nitrogen functional groups attached to an aromatic ring is 1. The maximum atomic E-state index is 12.9. The first-order valence-corrected chi connectivity index (χ1v) is 5.78. The Kier molecular flexibility index (Phi) is 3.75. The van der Waals surface area contributed by atoms with E-state index in [0.29, 0.717) is 11.3 Å². The summed E-state index contributed by atoms with van der Waals surface area (Å²) in [5.74, 6) is -0.498. The minimum Gasteiger partial charge on any atom is -0.398 e. The zero-order valence-corrected chi connectivity index (χ0v) is 10.5. The van der Waals surface area contributed by atoms with Gasteiger partial charge in [0.05, 0.1) is 6.20 Å². The van der Waals surface area contributed by atoms with Gasteiger partial charge in [-0.3, -0.25) is 9.48 Å². The molecule has 0 atom stereocenters. The van der Waals surface area contributed by atoms with E-state index in [0.717, 1.165) is 5.56 Å². The number of aryl methyl sites for hydroxylation is 1. The second kappa shape index (κ2) is 5.48. The number of anilines is 1. The Balaban J connectivity index is 2.03. The van der Waals surface area contributed by atoms with E-state index < -0.39 is 5.82 Å². The lowest BCUT2D eigenvalue weighted by atomic mass is 10.1. The molecule has 2 rings (SSSR count). The van der Waals surface area contributed by atoms with Gasteiger partial charge in [0.1, 0.15) is 5.82 Å². The summed E-state index contributed by atoms with van der Waals surface area (Å²) in [6.07, 6.45) is 6.78. The van der Waals surface area contributed by atoms with E-state index >= 15 is 0 Å². The van der Waals surface area contributed by atoms with Crippen LogP contribution in [0.25, 0.3) is 6.08 Å². The van der Waals surface area contributed by atoms with E-state index in [4.69, 9.17) is 5.73 Å². The molecule has 0 radical (unpaired) electrons. The smallest absolute Gasteiger partial charge is 0.160 e. The molecule has 0 saturated heterocycles. The van der Waals surface area contributed by atoms with Crippen molar-refractivity contribution in [3.63, 3.8) is 0 Å². The van der Waals surface area contributed by atoms with Crippen molar-refractivity contribution in [3.8, 4) is 0 Å². The van der Waals surface area contributed by atoms with Crippen LogP contribution in [0.15, 0.2) is 36.7 Å². The van der Waals surface area contributed by atoms with Crippen LogP contribution < -0.4 is 5.73 Å². The molecule has 0 spiro atoms. The molecule has 5 heteroatoms. The Hall–Kier alpha value is -2.43. The minimum absolute atomic E-state index is 0.0952. The Morgan fingerprint density at radius 1 is 1.53 bits per heavy atom. The van der Waals surface area contributed by atoms with Crippen molar-refractivity contribution < 1.29 is 9.18 Å². The number of hydrogen-bond donors (Lipinski definition) is 1. The first-order chi connectivity index (χ1) is 9.04. The summed E-state index contributed by atoms with van der Waals surface area (Å²) in [6.45, 7) is 0. The van der Waals surface area contributed by atoms with Crippen molar-refractivity contribution in [1.29, 1.82) is 0 Å². The summed E-state index contributed by atoms with van der Waals surface area (Å²) >= 11 is 0. The minimum atomic E-state index is -0.403. The van der Waals surface area contributed by atoms with Crippen LogP contribution in [-0.4, -0.2) is 15.6 Å². The maximum Gasteiger partial charge on any atom is 0.160 e. The first kappa shape index (κ1) is 13.0. The van der Waals surface area contributed by atoms with E-state index in [9.17, 15) is 9.18 Å². The Bertz CT molecular complexity index is 631. The number of benzene rings is 1. The van der Waals surface area contributed by atoms with E-state index in [2.05, 4.69) is 5.10 Å². The third kappa shape index (κ3) is 3.51. The predicted molar refractivity (Wildman–Crippen MR) is 71.8 cm³/mol. The third-order valence-electron chi connectivity index (χ3n) is 2.66. The molecule has 0 aliphatic heterocycles. The molecule has 2 N–H and O–H groups in total. The van der Waals surface area contributed by atoms with Crippen LogP contribution in [0.5, 0.6) is 0 Å². The van der Waals surface area contributed by atoms with Crippen molar-refractivity contribution in [2.75, 3.05) is 5.73 Å². The van der Waals surface area contributed by atoms with Crippen molar-refractivity contribution in [2.45, 2.75) is 6.42 Å². The van der Waals surface area contributed by atoms with Crippen LogP contribution in [0, 0.1) is 5.82 Å². The van der Waals surface area contributed by atoms with Gasteiger partial charge in [-0.25, -0.2) is 4.39 Å². The molecule has 0 saturated carbocycles. The van der Waals surface area contributed by atoms with E-state index in [1.807, 2.05) is 0 Å². The lowest BCUT2D eigenvalue weighted by Gasteiger charge is -2.02. The number of nitrogens with zero attached hydrogens (tertiary/aromatic N) is 2. The highest BCUT2D eigenvalue weighted by atomic mass is 19.1. The van der Waals surface area contributed by atoms with E-state index in [1.165, 1.54) is 24.3 Å². The van der Waals surface area contributed by atoms with Gasteiger partial charge in [0.15, 0.2) is 5.78 Å². The molecule has 1 heterocycles. The second-order valence-electron chi connectivity index (χ2n) is 4.27. The van der Waals surface area contributed by atoms with Crippen LogP contribution in [-0.2, 0) is 18.3 Å². The van der Waals surface area contributed by atoms with Gasteiger partial charge in [-0.15, -0.1) is 0 Å². The molecule has 1 aromatic carbocycles. The van der Waals surface area contributed by atoms with Gasteiger partial charge in [0.2, 0.25) is 0 Å².